The predicted octanol–water partition coefficient (Wildman–Crippen LogP) is 6.68. The molecule has 0 saturated heterocycles. The summed E-state index contributed by atoms with van der Waals surface area (Å²) in [7, 11) is -1.45. The van der Waals surface area contributed by atoms with Crippen molar-refractivity contribution < 1.29 is 0 Å². The van der Waals surface area contributed by atoms with Gasteiger partial charge in [-0.3, -0.25) is 0 Å². The molecule has 6 heterocycles. The van der Waals surface area contributed by atoms with Gasteiger partial charge in [0.15, 0.2) is 8.80 Å². The van der Waals surface area contributed by atoms with Crippen LogP contribution in [0.25, 0.3) is 57.5 Å². The van der Waals surface area contributed by atoms with Crippen LogP contribution in [0.1, 0.15) is 22.8 Å². The van der Waals surface area contributed by atoms with E-state index in [0.717, 1.165) is 53.8 Å². The van der Waals surface area contributed by atoms with Crippen molar-refractivity contribution in [2.45, 2.75) is 0 Å². The number of hydrogen-bond donors (Lipinski definition) is 2. The summed E-state index contributed by atoms with van der Waals surface area (Å²) in [5.74, 6) is 0. The molecule has 0 saturated carbocycles. The Kier molecular flexibility index (Phi) is 5.27. The largest absolute Gasteiger partial charge is 0.355 e. The zero-order valence-corrected chi connectivity index (χ0v) is 24.6. The second-order valence-corrected chi connectivity index (χ2v) is 13.7. The minimum Gasteiger partial charge on any atom is -0.355 e. The molecule has 5 aromatic rings. The Morgan fingerprint density at radius 3 is 1.79 bits per heavy atom. The normalized spacial score (nSPS) is 13.6. The Morgan fingerprint density at radius 2 is 1.15 bits per heavy atom. The van der Waals surface area contributed by atoms with Gasteiger partial charge < -0.3 is 9.97 Å². The highest BCUT2D eigenvalue weighted by molar-refractivity contribution is 9.13. The Morgan fingerprint density at radius 1 is 0.564 bits per heavy atom. The van der Waals surface area contributed by atoms with Gasteiger partial charge in [-0.15, -0.1) is 0 Å². The van der Waals surface area contributed by atoms with Gasteiger partial charge in [0, 0.05) is 31.0 Å². The van der Waals surface area contributed by atoms with Crippen molar-refractivity contribution >= 4 is 103 Å². The lowest BCUT2D eigenvalue weighted by atomic mass is 10.1. The zero-order chi connectivity index (χ0) is 26.1. The fourth-order valence-corrected chi connectivity index (χ4v) is 10.2. The number of aromatic nitrogens is 4. The van der Waals surface area contributed by atoms with E-state index in [2.05, 4.69) is 145 Å². The van der Waals surface area contributed by atoms with Crippen molar-refractivity contribution in [2.75, 3.05) is 0 Å². The van der Waals surface area contributed by atoms with E-state index in [4.69, 9.17) is 9.97 Å². The van der Waals surface area contributed by atoms with Gasteiger partial charge in [-0.05, 0) is 131 Å². The van der Waals surface area contributed by atoms with Gasteiger partial charge >= 0.3 is 0 Å². The topological polar surface area (TPSA) is 57.4 Å². The maximum atomic E-state index is 5.16. The molecule has 0 amide bonds. The number of rotatable bonds is 1. The van der Waals surface area contributed by atoms with Crippen LogP contribution in [0.15, 0.2) is 87.8 Å². The number of benzene rings is 2. The van der Waals surface area contributed by atoms with Crippen LogP contribution in [0, 0.1) is 0 Å². The highest BCUT2D eigenvalue weighted by atomic mass is 79.9. The smallest absolute Gasteiger partial charge is 0.163 e. The Hall–Kier alpha value is -3.78. The molecule has 0 fully saturated rings. The van der Waals surface area contributed by atoms with E-state index in [1.54, 1.807) is 0 Å². The first-order valence-corrected chi connectivity index (χ1v) is 15.7. The Balaban J connectivity index is 1.50. The molecule has 1 radical (unpaired) electrons. The summed E-state index contributed by atoms with van der Waals surface area (Å²) in [6.45, 7) is 0. The van der Waals surface area contributed by atoms with E-state index in [1.807, 2.05) is 0 Å². The van der Waals surface area contributed by atoms with Gasteiger partial charge in [-0.1, -0.05) is 30.3 Å². The monoisotopic (exact) mass is 645 g/mol. The number of nitrogens with one attached hydrogen (secondary N) is 2. The van der Waals surface area contributed by atoms with Crippen molar-refractivity contribution in [1.82, 2.24) is 19.9 Å². The third kappa shape index (κ3) is 3.84. The van der Waals surface area contributed by atoms with Crippen LogP contribution in [0.4, 0.5) is 0 Å². The van der Waals surface area contributed by atoms with Crippen LogP contribution in [-0.4, -0.2) is 28.7 Å². The molecule has 39 heavy (non-hydrogen) atoms. The molecule has 4 nitrogen and oxygen atoms in total. The third-order valence-corrected chi connectivity index (χ3v) is 12.7. The summed E-state index contributed by atoms with van der Waals surface area (Å²) in [5, 5.41) is 3.89. The molecule has 3 aliphatic heterocycles. The number of H-pyrrole nitrogens is 2. The standard InChI is InChI=1S/C32H19Br2N4Si/c33-26-12-11-25-24-3-1-2-4-29(24)39(31(25)30(26)34)32-27-13-9-22(37-27)16-20-7-5-18(35-20)15-19-6-8-21(36-19)17-23-10-14-28(32)38-23/h1-17,35-36H. The molecule has 2 N–H and O–H groups in total. The van der Waals surface area contributed by atoms with Gasteiger partial charge in [0.1, 0.15) is 0 Å². The van der Waals surface area contributed by atoms with E-state index in [0.29, 0.717) is 0 Å². The van der Waals surface area contributed by atoms with Crippen LogP contribution < -0.4 is 15.6 Å². The fourth-order valence-electron chi connectivity index (χ4n) is 5.61. The summed E-state index contributed by atoms with van der Waals surface area (Å²) >= 11 is 7.72. The average Bonchev–Trinajstić information content (AvgIpc) is 3.76. The molecular formula is C32H19Br2N4Si. The number of hydrogen-bond acceptors (Lipinski definition) is 2. The maximum absolute atomic E-state index is 5.16. The highest BCUT2D eigenvalue weighted by Gasteiger charge is 2.37. The third-order valence-electron chi connectivity index (χ3n) is 7.30. The lowest BCUT2D eigenvalue weighted by Gasteiger charge is -2.16. The van der Waals surface area contributed by atoms with E-state index in [-0.39, 0.29) is 0 Å². The van der Waals surface area contributed by atoms with Gasteiger partial charge in [0.25, 0.3) is 0 Å². The van der Waals surface area contributed by atoms with Crippen LogP contribution >= 0.6 is 31.9 Å². The Labute approximate surface area is 243 Å². The van der Waals surface area contributed by atoms with E-state index in [1.165, 1.54) is 26.7 Å². The number of fused-ring (bicyclic) bond motifs is 11. The van der Waals surface area contributed by atoms with E-state index >= 15 is 0 Å². The number of nitrogens with zero attached hydrogens (tertiary/aromatic N) is 2. The van der Waals surface area contributed by atoms with Gasteiger partial charge in [-0.2, -0.15) is 0 Å². The summed E-state index contributed by atoms with van der Waals surface area (Å²) in [4.78, 5) is 17.3. The van der Waals surface area contributed by atoms with Crippen molar-refractivity contribution in [3.05, 3.63) is 111 Å². The predicted molar refractivity (Wildman–Crippen MR) is 171 cm³/mol. The van der Waals surface area contributed by atoms with Gasteiger partial charge in [0.2, 0.25) is 0 Å². The fraction of sp³-hybridized carbons (Fsp3) is 0. The first-order chi connectivity index (χ1) is 19.1. The molecular weight excluding hydrogens is 628 g/mol. The first-order valence-electron chi connectivity index (χ1n) is 12.6. The quantitative estimate of drug-likeness (QED) is 0.196. The van der Waals surface area contributed by atoms with E-state index < -0.39 is 8.80 Å². The molecule has 3 aliphatic rings. The number of aromatic amines is 2. The van der Waals surface area contributed by atoms with Crippen LogP contribution in [0.3, 0.4) is 0 Å². The summed E-state index contributed by atoms with van der Waals surface area (Å²) in [5.41, 5.74) is 10.5. The zero-order valence-electron chi connectivity index (χ0n) is 20.5. The van der Waals surface area contributed by atoms with Crippen molar-refractivity contribution in [1.29, 1.82) is 0 Å². The lowest BCUT2D eigenvalue weighted by Crippen LogP contribution is -2.51. The van der Waals surface area contributed by atoms with Crippen molar-refractivity contribution in [3.8, 4) is 11.1 Å². The maximum Gasteiger partial charge on any atom is 0.163 e. The van der Waals surface area contributed by atoms with Crippen molar-refractivity contribution in [3.63, 3.8) is 0 Å². The first kappa shape index (κ1) is 23.1. The molecule has 185 valence electrons. The summed E-state index contributed by atoms with van der Waals surface area (Å²) in [6, 6.07) is 27.8. The highest BCUT2D eigenvalue weighted by Crippen LogP contribution is 2.32. The van der Waals surface area contributed by atoms with Crippen LogP contribution in [0.5, 0.6) is 0 Å². The van der Waals surface area contributed by atoms with Gasteiger partial charge in [0.05, 0.1) is 22.8 Å². The minimum atomic E-state index is -1.45. The average molecular weight is 647 g/mol. The van der Waals surface area contributed by atoms with E-state index in [9.17, 15) is 0 Å². The molecule has 0 atom stereocenters. The molecule has 0 aliphatic carbocycles. The molecule has 0 unspecified atom stereocenters. The second-order valence-electron chi connectivity index (χ2n) is 9.76. The summed E-state index contributed by atoms with van der Waals surface area (Å²) < 4.78 is 2.16. The Bertz CT molecular complexity index is 1980. The van der Waals surface area contributed by atoms with Crippen molar-refractivity contribution in [2.24, 2.45) is 0 Å². The summed E-state index contributed by atoms with van der Waals surface area (Å²) in [6.07, 6.45) is 8.50. The van der Waals surface area contributed by atoms with Crippen LogP contribution in [-0.2, 0) is 0 Å². The van der Waals surface area contributed by atoms with Gasteiger partial charge in [-0.25, -0.2) is 9.97 Å². The molecule has 0 spiro atoms. The molecule has 3 aromatic heterocycles. The molecule has 2 aromatic carbocycles. The molecule has 8 rings (SSSR count). The molecule has 8 bridgehead atoms. The number of halogens is 2. The lowest BCUT2D eigenvalue weighted by molar-refractivity contribution is 1.30. The van der Waals surface area contributed by atoms with Crippen LogP contribution in [0.2, 0.25) is 0 Å². The molecule has 7 heteroatoms. The SMILES string of the molecule is Brc1ccc2c(c1Br)[Si](c1c3nc(cc4ccc(cc5ccc(cc6nc1C=C6)[nH]5)[nH]4)C=C3)c1ccccc1-2. The second kappa shape index (κ2) is 8.88. The minimum absolute atomic E-state index is 0.922.